The van der Waals surface area contributed by atoms with E-state index < -0.39 is 0 Å². The molecule has 0 saturated carbocycles. The van der Waals surface area contributed by atoms with Gasteiger partial charge in [0.2, 0.25) is 0 Å². The van der Waals surface area contributed by atoms with Crippen LogP contribution in [0.15, 0.2) is 59.1 Å². The predicted molar refractivity (Wildman–Crippen MR) is 122 cm³/mol. The van der Waals surface area contributed by atoms with Crippen LogP contribution < -0.4 is 0 Å². The molecular weight excluding hydrogens is 420 g/mol. The number of hydrogen-bond donors (Lipinski definition) is 0. The molecule has 0 spiro atoms. The maximum atomic E-state index is 5.98. The summed E-state index contributed by atoms with van der Waals surface area (Å²) in [4.78, 5) is 4.80. The highest BCUT2D eigenvalue weighted by atomic mass is 35.5. The summed E-state index contributed by atoms with van der Waals surface area (Å²) in [5.74, 6) is 1.75. The highest BCUT2D eigenvalue weighted by Gasteiger charge is 2.13. The molecule has 0 fully saturated rings. The number of benzene rings is 2. The summed E-state index contributed by atoms with van der Waals surface area (Å²) < 4.78 is 2.17. The maximum Gasteiger partial charge on any atom is 0.191 e. The van der Waals surface area contributed by atoms with E-state index in [1.165, 1.54) is 16.7 Å². The summed E-state index contributed by atoms with van der Waals surface area (Å²) in [6.45, 7) is 5.06. The van der Waals surface area contributed by atoms with Gasteiger partial charge >= 0.3 is 0 Å². The van der Waals surface area contributed by atoms with Gasteiger partial charge in [0.05, 0.1) is 5.69 Å². The summed E-state index contributed by atoms with van der Waals surface area (Å²) in [6.07, 6.45) is 0.743. The lowest BCUT2D eigenvalue weighted by atomic mass is 10.1. The van der Waals surface area contributed by atoms with Gasteiger partial charge in [-0.2, -0.15) is 0 Å². The molecule has 7 heteroatoms. The lowest BCUT2D eigenvalue weighted by Gasteiger charge is -2.07. The first-order valence-corrected chi connectivity index (χ1v) is 11.7. The van der Waals surface area contributed by atoms with E-state index in [9.17, 15) is 0 Å². The van der Waals surface area contributed by atoms with Crippen LogP contribution in [0.3, 0.4) is 0 Å². The molecular formula is C22H21ClN4S2. The zero-order chi connectivity index (χ0) is 20.2. The fraction of sp³-hybridized carbons (Fsp3) is 0.227. The van der Waals surface area contributed by atoms with E-state index in [1.54, 1.807) is 23.1 Å². The molecule has 0 radical (unpaired) electrons. The number of halogens is 1. The van der Waals surface area contributed by atoms with Crippen molar-refractivity contribution in [1.82, 2.24) is 19.7 Å². The summed E-state index contributed by atoms with van der Waals surface area (Å²) in [7, 11) is 0. The summed E-state index contributed by atoms with van der Waals surface area (Å²) >= 11 is 9.35. The fourth-order valence-corrected chi connectivity index (χ4v) is 5.04. The Bertz CT molecular complexity index is 1100. The Morgan fingerprint density at radius 3 is 2.69 bits per heavy atom. The van der Waals surface area contributed by atoms with Gasteiger partial charge < -0.3 is 4.57 Å². The molecule has 148 valence electrons. The summed E-state index contributed by atoms with van der Waals surface area (Å²) in [5, 5.41) is 13.7. The standard InChI is InChI=1S/C22H21ClN4S2/c1-3-27-20(12-16-7-9-18(23)10-8-16)25-26-22(27)29-14-19-13-28-21(24-19)17-6-4-5-15(2)11-17/h4-11,13H,3,12,14H2,1-2H3. The highest BCUT2D eigenvalue weighted by Crippen LogP contribution is 2.28. The van der Waals surface area contributed by atoms with E-state index in [-0.39, 0.29) is 0 Å². The van der Waals surface area contributed by atoms with Crippen LogP contribution in [0.5, 0.6) is 0 Å². The molecule has 2 aromatic heterocycles. The van der Waals surface area contributed by atoms with Crippen molar-refractivity contribution in [2.45, 2.75) is 37.7 Å². The van der Waals surface area contributed by atoms with Gasteiger partial charge in [-0.15, -0.1) is 21.5 Å². The van der Waals surface area contributed by atoms with Crippen LogP contribution in [0.4, 0.5) is 0 Å². The van der Waals surface area contributed by atoms with Crippen molar-refractivity contribution in [1.29, 1.82) is 0 Å². The van der Waals surface area contributed by atoms with Gasteiger partial charge in [0.25, 0.3) is 0 Å². The predicted octanol–water partition coefficient (Wildman–Crippen LogP) is 6.27. The molecule has 2 aromatic carbocycles. The number of aryl methyl sites for hydroxylation is 1. The van der Waals surface area contributed by atoms with E-state index >= 15 is 0 Å². The van der Waals surface area contributed by atoms with Gasteiger partial charge in [-0.1, -0.05) is 59.3 Å². The van der Waals surface area contributed by atoms with E-state index in [1.807, 2.05) is 24.3 Å². The second kappa shape index (κ2) is 9.11. The Kier molecular flexibility index (Phi) is 6.33. The second-order valence-corrected chi connectivity index (χ2v) is 8.99. The second-order valence-electron chi connectivity index (χ2n) is 6.75. The topological polar surface area (TPSA) is 43.6 Å². The van der Waals surface area contributed by atoms with Gasteiger partial charge in [0, 0.05) is 34.7 Å². The third-order valence-corrected chi connectivity index (χ3v) is 6.74. The van der Waals surface area contributed by atoms with Crippen LogP contribution in [0.2, 0.25) is 5.02 Å². The molecule has 0 aliphatic carbocycles. The molecule has 0 N–H and O–H groups in total. The van der Waals surface area contributed by atoms with E-state index in [0.29, 0.717) is 0 Å². The van der Waals surface area contributed by atoms with Crippen LogP contribution in [0.25, 0.3) is 10.6 Å². The zero-order valence-corrected chi connectivity index (χ0v) is 18.7. The third kappa shape index (κ3) is 4.89. The minimum absolute atomic E-state index is 0.743. The maximum absolute atomic E-state index is 5.98. The Morgan fingerprint density at radius 1 is 1.10 bits per heavy atom. The van der Waals surface area contributed by atoms with E-state index in [4.69, 9.17) is 16.6 Å². The number of thiazole rings is 1. The molecule has 4 rings (SSSR count). The molecule has 0 aliphatic rings. The van der Waals surface area contributed by atoms with Crippen LogP contribution in [0.1, 0.15) is 29.6 Å². The van der Waals surface area contributed by atoms with Gasteiger partial charge in [0.1, 0.15) is 10.8 Å². The first-order chi connectivity index (χ1) is 14.1. The molecule has 0 amide bonds. The number of nitrogens with zero attached hydrogens (tertiary/aromatic N) is 4. The minimum Gasteiger partial charge on any atom is -0.306 e. The molecule has 0 unspecified atom stereocenters. The molecule has 4 aromatic rings. The molecule has 0 aliphatic heterocycles. The number of hydrogen-bond acceptors (Lipinski definition) is 5. The number of thioether (sulfide) groups is 1. The van der Waals surface area contributed by atoms with E-state index in [0.717, 1.165) is 45.4 Å². The molecule has 4 nitrogen and oxygen atoms in total. The highest BCUT2D eigenvalue weighted by molar-refractivity contribution is 7.98. The molecule has 2 heterocycles. The smallest absolute Gasteiger partial charge is 0.191 e. The first-order valence-electron chi connectivity index (χ1n) is 9.43. The third-order valence-electron chi connectivity index (χ3n) is 4.55. The Balaban J connectivity index is 1.45. The Morgan fingerprint density at radius 2 is 1.93 bits per heavy atom. The lowest BCUT2D eigenvalue weighted by molar-refractivity contribution is 0.651. The van der Waals surface area contributed by atoms with Crippen molar-refractivity contribution in [3.63, 3.8) is 0 Å². The van der Waals surface area contributed by atoms with Crippen molar-refractivity contribution in [3.8, 4) is 10.6 Å². The summed E-state index contributed by atoms with van der Waals surface area (Å²) in [6, 6.07) is 16.4. The van der Waals surface area contributed by atoms with Crippen molar-refractivity contribution >= 4 is 34.7 Å². The van der Waals surface area contributed by atoms with Crippen molar-refractivity contribution < 1.29 is 0 Å². The summed E-state index contributed by atoms with van der Waals surface area (Å²) in [5.41, 5.74) is 4.67. The van der Waals surface area contributed by atoms with Crippen LogP contribution in [0, 0.1) is 6.92 Å². The van der Waals surface area contributed by atoms with E-state index in [2.05, 4.69) is 58.3 Å². The molecule has 0 atom stereocenters. The minimum atomic E-state index is 0.743. The molecule has 29 heavy (non-hydrogen) atoms. The largest absolute Gasteiger partial charge is 0.306 e. The van der Waals surface area contributed by atoms with Gasteiger partial charge in [-0.25, -0.2) is 4.98 Å². The average Bonchev–Trinajstić information content (AvgIpc) is 3.35. The Labute approximate surface area is 184 Å². The molecule has 0 saturated heterocycles. The van der Waals surface area contributed by atoms with Crippen molar-refractivity contribution in [3.05, 3.63) is 81.6 Å². The first kappa shape index (κ1) is 20.1. The van der Waals surface area contributed by atoms with Gasteiger partial charge in [-0.3, -0.25) is 0 Å². The number of aromatic nitrogens is 4. The van der Waals surface area contributed by atoms with Crippen LogP contribution in [-0.4, -0.2) is 19.7 Å². The fourth-order valence-electron chi connectivity index (χ4n) is 3.08. The lowest BCUT2D eigenvalue weighted by Crippen LogP contribution is -2.04. The zero-order valence-electron chi connectivity index (χ0n) is 16.3. The van der Waals surface area contributed by atoms with Gasteiger partial charge in [0.15, 0.2) is 5.16 Å². The quantitative estimate of drug-likeness (QED) is 0.318. The molecule has 0 bridgehead atoms. The van der Waals surface area contributed by atoms with Crippen molar-refractivity contribution in [2.24, 2.45) is 0 Å². The van der Waals surface area contributed by atoms with Crippen LogP contribution >= 0.6 is 34.7 Å². The van der Waals surface area contributed by atoms with Crippen LogP contribution in [-0.2, 0) is 18.7 Å². The Hall–Kier alpha value is -2.15. The number of rotatable bonds is 7. The monoisotopic (exact) mass is 440 g/mol. The average molecular weight is 441 g/mol. The SMILES string of the molecule is CCn1c(Cc2ccc(Cl)cc2)nnc1SCc1csc(-c2cccc(C)c2)n1. The van der Waals surface area contributed by atoms with Gasteiger partial charge in [-0.05, 0) is 37.6 Å². The van der Waals surface area contributed by atoms with Crippen molar-refractivity contribution in [2.75, 3.05) is 0 Å². The normalized spacial score (nSPS) is 11.1.